The molecule has 3 heteroatoms. The molecule has 2 aliphatic heterocycles. The van der Waals surface area contributed by atoms with E-state index >= 15 is 0 Å². The van der Waals surface area contributed by atoms with E-state index in [9.17, 15) is 4.39 Å². The molecule has 2 bridgehead atoms. The Balaban J connectivity index is 1.61. The summed E-state index contributed by atoms with van der Waals surface area (Å²) in [4.78, 5) is 2.59. The molecule has 0 aromatic heterocycles. The second-order valence-corrected chi connectivity index (χ2v) is 6.70. The van der Waals surface area contributed by atoms with Crippen LogP contribution in [0.25, 0.3) is 5.57 Å². The molecule has 2 heterocycles. The van der Waals surface area contributed by atoms with Crippen molar-refractivity contribution < 1.29 is 9.13 Å². The second kappa shape index (κ2) is 6.40. The van der Waals surface area contributed by atoms with Crippen molar-refractivity contribution in [3.05, 3.63) is 71.6 Å². The van der Waals surface area contributed by atoms with E-state index in [1.165, 1.54) is 30.0 Å². The van der Waals surface area contributed by atoms with E-state index in [1.54, 1.807) is 19.2 Å². The highest BCUT2D eigenvalue weighted by atomic mass is 19.1. The maximum atomic E-state index is 13.7. The molecular formula is C21H22FNO. The SMILES string of the molecule is COc1ccc(F)cc1C1=CC2CCC(C1)N2Cc1ccccc1. The van der Waals surface area contributed by atoms with Crippen LogP contribution in [0, 0.1) is 5.82 Å². The number of hydrogen-bond acceptors (Lipinski definition) is 2. The molecule has 0 aliphatic carbocycles. The Morgan fingerprint density at radius 3 is 2.71 bits per heavy atom. The van der Waals surface area contributed by atoms with Crippen molar-refractivity contribution in [2.24, 2.45) is 0 Å². The zero-order chi connectivity index (χ0) is 16.5. The summed E-state index contributed by atoms with van der Waals surface area (Å²) in [7, 11) is 1.65. The Hall–Kier alpha value is -2.13. The summed E-state index contributed by atoms with van der Waals surface area (Å²) in [6.45, 7) is 0.986. The van der Waals surface area contributed by atoms with Gasteiger partial charge in [-0.05, 0) is 48.6 Å². The van der Waals surface area contributed by atoms with Gasteiger partial charge in [-0.1, -0.05) is 36.4 Å². The van der Waals surface area contributed by atoms with Crippen LogP contribution in [-0.4, -0.2) is 24.1 Å². The number of methoxy groups -OCH3 is 1. The summed E-state index contributed by atoms with van der Waals surface area (Å²) >= 11 is 0. The van der Waals surface area contributed by atoms with Gasteiger partial charge in [-0.15, -0.1) is 0 Å². The van der Waals surface area contributed by atoms with Gasteiger partial charge in [-0.3, -0.25) is 4.90 Å². The molecule has 4 rings (SSSR count). The number of hydrogen-bond donors (Lipinski definition) is 0. The first-order valence-electron chi connectivity index (χ1n) is 8.59. The summed E-state index contributed by atoms with van der Waals surface area (Å²) < 4.78 is 19.2. The lowest BCUT2D eigenvalue weighted by Gasteiger charge is -2.34. The van der Waals surface area contributed by atoms with Crippen LogP contribution in [0.15, 0.2) is 54.6 Å². The maximum absolute atomic E-state index is 13.7. The number of benzene rings is 2. The van der Waals surface area contributed by atoms with Crippen molar-refractivity contribution in [1.29, 1.82) is 0 Å². The summed E-state index contributed by atoms with van der Waals surface area (Å²) in [5.74, 6) is 0.560. The lowest BCUT2D eigenvalue weighted by molar-refractivity contribution is 0.203. The minimum atomic E-state index is -0.203. The molecule has 0 spiro atoms. The first kappa shape index (κ1) is 15.4. The predicted octanol–water partition coefficient (Wildman–Crippen LogP) is 4.65. The molecule has 0 N–H and O–H groups in total. The Kier molecular flexibility index (Phi) is 4.11. The van der Waals surface area contributed by atoms with E-state index in [1.807, 2.05) is 0 Å². The van der Waals surface area contributed by atoms with Crippen LogP contribution in [0.1, 0.15) is 30.4 Å². The first-order valence-corrected chi connectivity index (χ1v) is 8.59. The van der Waals surface area contributed by atoms with E-state index in [-0.39, 0.29) is 5.82 Å². The number of fused-ring (bicyclic) bond motifs is 2. The molecule has 2 nitrogen and oxygen atoms in total. The van der Waals surface area contributed by atoms with Gasteiger partial charge in [-0.2, -0.15) is 0 Å². The minimum absolute atomic E-state index is 0.203. The molecule has 2 aliphatic rings. The first-order chi connectivity index (χ1) is 11.7. The van der Waals surface area contributed by atoms with Gasteiger partial charge in [0.1, 0.15) is 11.6 Å². The molecule has 124 valence electrons. The fourth-order valence-electron chi connectivity index (χ4n) is 4.09. The highest BCUT2D eigenvalue weighted by molar-refractivity contribution is 5.72. The smallest absolute Gasteiger partial charge is 0.126 e. The Bertz CT molecular complexity index is 756. The van der Waals surface area contributed by atoms with Crippen molar-refractivity contribution in [3.8, 4) is 5.75 Å². The lowest BCUT2D eigenvalue weighted by atomic mass is 9.93. The van der Waals surface area contributed by atoms with Crippen molar-refractivity contribution >= 4 is 5.57 Å². The highest BCUT2D eigenvalue weighted by Crippen LogP contribution is 2.41. The number of ether oxygens (including phenoxy) is 1. The van der Waals surface area contributed by atoms with Crippen LogP contribution < -0.4 is 4.74 Å². The Labute approximate surface area is 142 Å². The quantitative estimate of drug-likeness (QED) is 0.812. The molecule has 2 atom stereocenters. The van der Waals surface area contributed by atoms with Crippen LogP contribution in [0.4, 0.5) is 4.39 Å². The largest absolute Gasteiger partial charge is 0.496 e. The molecule has 0 saturated carbocycles. The van der Waals surface area contributed by atoms with Crippen LogP contribution in [0.3, 0.4) is 0 Å². The van der Waals surface area contributed by atoms with Crippen LogP contribution in [-0.2, 0) is 6.54 Å². The maximum Gasteiger partial charge on any atom is 0.126 e. The summed E-state index contributed by atoms with van der Waals surface area (Å²) in [5, 5.41) is 0. The molecule has 2 aromatic carbocycles. The van der Waals surface area contributed by atoms with Crippen LogP contribution in [0.5, 0.6) is 5.75 Å². The van der Waals surface area contributed by atoms with Crippen molar-refractivity contribution in [3.63, 3.8) is 0 Å². The normalized spacial score (nSPS) is 23.2. The molecule has 1 fully saturated rings. The van der Waals surface area contributed by atoms with E-state index < -0.39 is 0 Å². The highest BCUT2D eigenvalue weighted by Gasteiger charge is 2.37. The summed E-state index contributed by atoms with van der Waals surface area (Å²) in [6, 6.07) is 16.4. The third kappa shape index (κ3) is 2.84. The summed E-state index contributed by atoms with van der Waals surface area (Å²) in [6.07, 6.45) is 5.67. The van der Waals surface area contributed by atoms with Crippen molar-refractivity contribution in [2.45, 2.75) is 37.9 Å². The zero-order valence-electron chi connectivity index (χ0n) is 13.9. The topological polar surface area (TPSA) is 12.5 Å². The van der Waals surface area contributed by atoms with Gasteiger partial charge < -0.3 is 4.74 Å². The molecule has 1 saturated heterocycles. The molecule has 2 aromatic rings. The van der Waals surface area contributed by atoms with Gasteiger partial charge in [0.25, 0.3) is 0 Å². The minimum Gasteiger partial charge on any atom is -0.496 e. The fraction of sp³-hybridized carbons (Fsp3) is 0.333. The Morgan fingerprint density at radius 2 is 1.96 bits per heavy atom. The van der Waals surface area contributed by atoms with Gasteiger partial charge in [0.2, 0.25) is 0 Å². The predicted molar refractivity (Wildman–Crippen MR) is 94.3 cm³/mol. The van der Waals surface area contributed by atoms with Gasteiger partial charge in [0.05, 0.1) is 7.11 Å². The van der Waals surface area contributed by atoms with Crippen molar-refractivity contribution in [1.82, 2.24) is 4.90 Å². The fourth-order valence-corrected chi connectivity index (χ4v) is 4.09. The van der Waals surface area contributed by atoms with Crippen LogP contribution >= 0.6 is 0 Å². The molecule has 0 radical (unpaired) electrons. The molecule has 24 heavy (non-hydrogen) atoms. The summed E-state index contributed by atoms with van der Waals surface area (Å²) in [5.41, 5.74) is 3.49. The van der Waals surface area contributed by atoms with E-state index in [0.29, 0.717) is 12.1 Å². The van der Waals surface area contributed by atoms with Gasteiger partial charge in [0.15, 0.2) is 0 Å². The Morgan fingerprint density at radius 1 is 1.12 bits per heavy atom. The van der Waals surface area contributed by atoms with Gasteiger partial charge >= 0.3 is 0 Å². The van der Waals surface area contributed by atoms with E-state index in [2.05, 4.69) is 41.3 Å². The number of halogens is 1. The zero-order valence-corrected chi connectivity index (χ0v) is 13.9. The third-order valence-electron chi connectivity index (χ3n) is 5.26. The van der Waals surface area contributed by atoms with E-state index in [4.69, 9.17) is 4.74 Å². The lowest BCUT2D eigenvalue weighted by Crippen LogP contribution is -2.37. The third-order valence-corrected chi connectivity index (χ3v) is 5.26. The average molecular weight is 323 g/mol. The standard InChI is InChI=1S/C21H22FNO/c1-24-21-10-7-17(22)13-20(21)16-11-18-8-9-19(12-16)23(18)14-15-5-3-2-4-6-15/h2-7,10-11,13,18-19H,8-9,12,14H2,1H3. The molecular weight excluding hydrogens is 301 g/mol. The van der Waals surface area contributed by atoms with Crippen molar-refractivity contribution in [2.75, 3.05) is 7.11 Å². The number of rotatable bonds is 4. The monoisotopic (exact) mass is 323 g/mol. The molecule has 0 amide bonds. The second-order valence-electron chi connectivity index (χ2n) is 6.70. The number of nitrogens with zero attached hydrogens (tertiary/aromatic N) is 1. The van der Waals surface area contributed by atoms with E-state index in [0.717, 1.165) is 24.3 Å². The van der Waals surface area contributed by atoms with Gasteiger partial charge in [-0.25, -0.2) is 4.39 Å². The molecule has 2 unspecified atom stereocenters. The van der Waals surface area contributed by atoms with Crippen LogP contribution in [0.2, 0.25) is 0 Å². The average Bonchev–Trinajstić information content (AvgIpc) is 2.84. The van der Waals surface area contributed by atoms with Gasteiger partial charge in [0, 0.05) is 24.2 Å².